The fourth-order valence-corrected chi connectivity index (χ4v) is 3.67. The van der Waals surface area contributed by atoms with Crippen molar-refractivity contribution in [2.45, 2.75) is 13.8 Å². The SMILES string of the molecule is Cc1cccc2c(-c3c(O)ccc4ccccc34)c(O)cc(C)c12. The molecule has 0 atom stereocenters. The van der Waals surface area contributed by atoms with Gasteiger partial charge < -0.3 is 10.2 Å². The predicted octanol–water partition coefficient (Wildman–Crippen LogP) is 5.69. The zero-order valence-electron chi connectivity index (χ0n) is 13.7. The van der Waals surface area contributed by atoms with E-state index in [1.54, 1.807) is 12.1 Å². The molecule has 0 saturated carbocycles. The fourth-order valence-electron chi connectivity index (χ4n) is 3.67. The van der Waals surface area contributed by atoms with Crippen molar-refractivity contribution < 1.29 is 10.2 Å². The van der Waals surface area contributed by atoms with E-state index in [2.05, 4.69) is 13.0 Å². The summed E-state index contributed by atoms with van der Waals surface area (Å²) in [5.74, 6) is 0.368. The molecule has 0 spiro atoms. The van der Waals surface area contributed by atoms with Gasteiger partial charge in [0.25, 0.3) is 0 Å². The lowest BCUT2D eigenvalue weighted by Gasteiger charge is -2.16. The maximum absolute atomic E-state index is 10.7. The lowest BCUT2D eigenvalue weighted by Crippen LogP contribution is -1.90. The first-order chi connectivity index (χ1) is 11.6. The van der Waals surface area contributed by atoms with Crippen molar-refractivity contribution in [1.29, 1.82) is 0 Å². The average Bonchev–Trinajstić information content (AvgIpc) is 2.56. The number of phenolic OH excluding ortho intramolecular Hbond substituents is 2. The van der Waals surface area contributed by atoms with Gasteiger partial charge in [0.15, 0.2) is 0 Å². The molecule has 0 amide bonds. The number of aryl methyl sites for hydroxylation is 2. The van der Waals surface area contributed by atoms with Gasteiger partial charge in [0.2, 0.25) is 0 Å². The summed E-state index contributed by atoms with van der Waals surface area (Å²) >= 11 is 0. The zero-order valence-corrected chi connectivity index (χ0v) is 13.7. The second-order valence-corrected chi connectivity index (χ2v) is 6.27. The number of hydrogen-bond donors (Lipinski definition) is 2. The van der Waals surface area contributed by atoms with Gasteiger partial charge in [-0.1, -0.05) is 48.5 Å². The molecule has 0 aliphatic carbocycles. The number of fused-ring (bicyclic) bond motifs is 2. The third-order valence-corrected chi connectivity index (χ3v) is 4.70. The molecule has 4 aromatic carbocycles. The van der Waals surface area contributed by atoms with Gasteiger partial charge in [-0.15, -0.1) is 0 Å². The monoisotopic (exact) mass is 314 g/mol. The van der Waals surface area contributed by atoms with E-state index in [4.69, 9.17) is 0 Å². The highest BCUT2D eigenvalue weighted by Gasteiger charge is 2.18. The van der Waals surface area contributed by atoms with Crippen molar-refractivity contribution >= 4 is 21.5 Å². The molecule has 0 aromatic heterocycles. The molecule has 4 rings (SSSR count). The number of phenols is 2. The van der Waals surface area contributed by atoms with Gasteiger partial charge >= 0.3 is 0 Å². The third-order valence-electron chi connectivity index (χ3n) is 4.70. The van der Waals surface area contributed by atoms with E-state index in [1.165, 1.54) is 0 Å². The Morgan fingerprint density at radius 2 is 1.33 bits per heavy atom. The fraction of sp³-hybridized carbons (Fsp3) is 0.0909. The van der Waals surface area contributed by atoms with Crippen molar-refractivity contribution in [1.82, 2.24) is 0 Å². The minimum atomic E-state index is 0.177. The summed E-state index contributed by atoms with van der Waals surface area (Å²) in [6, 6.07) is 19.3. The standard InChI is InChI=1S/C22H18O2/c1-13-6-5-9-17-20(13)14(2)12-19(24)22(17)21-16-8-4-3-7-15(16)10-11-18(21)23/h3-12,23-24H,1-2H3. The first kappa shape index (κ1) is 14.6. The minimum Gasteiger partial charge on any atom is -0.507 e. The van der Waals surface area contributed by atoms with E-state index in [1.807, 2.05) is 49.4 Å². The van der Waals surface area contributed by atoms with E-state index in [-0.39, 0.29) is 11.5 Å². The normalized spacial score (nSPS) is 11.2. The van der Waals surface area contributed by atoms with Gasteiger partial charge in [-0.25, -0.2) is 0 Å². The van der Waals surface area contributed by atoms with Crippen LogP contribution in [0.2, 0.25) is 0 Å². The topological polar surface area (TPSA) is 40.5 Å². The van der Waals surface area contributed by atoms with Crippen molar-refractivity contribution in [2.75, 3.05) is 0 Å². The average molecular weight is 314 g/mol. The third kappa shape index (κ3) is 2.04. The predicted molar refractivity (Wildman–Crippen MR) is 99.7 cm³/mol. The summed E-state index contributed by atoms with van der Waals surface area (Å²) in [4.78, 5) is 0. The van der Waals surface area contributed by atoms with Gasteiger partial charge in [-0.3, -0.25) is 0 Å². The smallest absolute Gasteiger partial charge is 0.124 e. The molecule has 118 valence electrons. The molecule has 24 heavy (non-hydrogen) atoms. The van der Waals surface area contributed by atoms with Crippen molar-refractivity contribution in [3.63, 3.8) is 0 Å². The van der Waals surface area contributed by atoms with Crippen LogP contribution in [0.25, 0.3) is 32.7 Å². The lowest BCUT2D eigenvalue weighted by atomic mass is 9.89. The Kier molecular flexibility index (Phi) is 3.20. The first-order valence-electron chi connectivity index (χ1n) is 8.01. The molecule has 0 fully saturated rings. The second-order valence-electron chi connectivity index (χ2n) is 6.27. The molecular formula is C22H18O2. The van der Waals surface area contributed by atoms with Gasteiger partial charge in [0.05, 0.1) is 0 Å². The van der Waals surface area contributed by atoms with Crippen LogP contribution in [0, 0.1) is 13.8 Å². The molecule has 2 N–H and O–H groups in total. The quantitative estimate of drug-likeness (QED) is 0.474. The van der Waals surface area contributed by atoms with Gasteiger partial charge in [-0.05, 0) is 58.7 Å². The summed E-state index contributed by atoms with van der Waals surface area (Å²) in [6.07, 6.45) is 0. The van der Waals surface area contributed by atoms with Crippen molar-refractivity contribution in [2.24, 2.45) is 0 Å². The van der Waals surface area contributed by atoms with E-state index < -0.39 is 0 Å². The summed E-state index contributed by atoms with van der Waals surface area (Å²) in [5.41, 5.74) is 3.56. The number of benzene rings is 4. The van der Waals surface area contributed by atoms with Crippen LogP contribution in [0.1, 0.15) is 11.1 Å². The van der Waals surface area contributed by atoms with Crippen LogP contribution < -0.4 is 0 Å². The molecule has 0 radical (unpaired) electrons. The molecule has 2 nitrogen and oxygen atoms in total. The highest BCUT2D eigenvalue weighted by atomic mass is 16.3. The molecular weight excluding hydrogens is 296 g/mol. The maximum atomic E-state index is 10.7. The molecule has 0 heterocycles. The van der Waals surface area contributed by atoms with Crippen LogP contribution in [0.15, 0.2) is 60.7 Å². The largest absolute Gasteiger partial charge is 0.507 e. The van der Waals surface area contributed by atoms with Crippen LogP contribution in [-0.4, -0.2) is 10.2 Å². The molecule has 0 unspecified atom stereocenters. The summed E-state index contributed by atoms with van der Waals surface area (Å²) in [6.45, 7) is 4.07. The van der Waals surface area contributed by atoms with Crippen LogP contribution in [0.3, 0.4) is 0 Å². The minimum absolute atomic E-state index is 0.177. The van der Waals surface area contributed by atoms with Crippen LogP contribution in [-0.2, 0) is 0 Å². The van der Waals surface area contributed by atoms with Crippen molar-refractivity contribution in [3.05, 3.63) is 71.8 Å². The molecule has 0 aliphatic rings. The summed E-state index contributed by atoms with van der Waals surface area (Å²) in [7, 11) is 0. The Morgan fingerprint density at radius 3 is 2.17 bits per heavy atom. The summed E-state index contributed by atoms with van der Waals surface area (Å²) < 4.78 is 0. The molecule has 4 aromatic rings. The Labute approximate surface area is 140 Å². The Hall–Kier alpha value is -3.00. The highest BCUT2D eigenvalue weighted by molar-refractivity contribution is 6.10. The number of rotatable bonds is 1. The molecule has 0 bridgehead atoms. The number of hydrogen-bond acceptors (Lipinski definition) is 2. The molecule has 0 saturated heterocycles. The van der Waals surface area contributed by atoms with Gasteiger partial charge in [0, 0.05) is 11.1 Å². The Balaban J connectivity index is 2.24. The zero-order chi connectivity index (χ0) is 16.8. The lowest BCUT2D eigenvalue weighted by molar-refractivity contribution is 0.470. The van der Waals surface area contributed by atoms with E-state index in [0.717, 1.165) is 32.7 Å². The molecule has 2 heteroatoms. The van der Waals surface area contributed by atoms with E-state index in [9.17, 15) is 10.2 Å². The molecule has 0 aliphatic heterocycles. The van der Waals surface area contributed by atoms with Crippen LogP contribution in [0.4, 0.5) is 0 Å². The Bertz CT molecular complexity index is 1090. The van der Waals surface area contributed by atoms with E-state index >= 15 is 0 Å². The van der Waals surface area contributed by atoms with Crippen LogP contribution >= 0.6 is 0 Å². The second kappa shape index (κ2) is 5.27. The summed E-state index contributed by atoms with van der Waals surface area (Å²) in [5, 5.41) is 25.3. The Morgan fingerprint density at radius 1 is 0.625 bits per heavy atom. The number of aromatic hydroxyl groups is 2. The highest BCUT2D eigenvalue weighted by Crippen LogP contribution is 2.45. The van der Waals surface area contributed by atoms with Crippen molar-refractivity contribution in [3.8, 4) is 22.6 Å². The first-order valence-corrected chi connectivity index (χ1v) is 8.01. The van der Waals surface area contributed by atoms with Gasteiger partial charge in [-0.2, -0.15) is 0 Å². The van der Waals surface area contributed by atoms with Crippen LogP contribution in [0.5, 0.6) is 11.5 Å². The van der Waals surface area contributed by atoms with Gasteiger partial charge in [0.1, 0.15) is 11.5 Å². The van der Waals surface area contributed by atoms with E-state index in [0.29, 0.717) is 11.1 Å². The maximum Gasteiger partial charge on any atom is 0.124 e.